The lowest BCUT2D eigenvalue weighted by Crippen LogP contribution is -2.44. The minimum Gasteiger partial charge on any atom is -0.412 e. The Labute approximate surface area is 132 Å². The summed E-state index contributed by atoms with van der Waals surface area (Å²) >= 11 is 3.49. The van der Waals surface area contributed by atoms with Crippen LogP contribution in [0.3, 0.4) is 0 Å². The lowest BCUT2D eigenvalue weighted by molar-refractivity contribution is 0.202. The summed E-state index contributed by atoms with van der Waals surface area (Å²) in [6.07, 6.45) is 5.22. The first-order valence-electron chi connectivity index (χ1n) is 7.22. The van der Waals surface area contributed by atoms with Crippen LogP contribution in [0.1, 0.15) is 27.2 Å². The van der Waals surface area contributed by atoms with Gasteiger partial charge in [0, 0.05) is 23.8 Å². The Balaban J connectivity index is 2.00. The number of nitrogens with zero attached hydrogens (tertiary/aromatic N) is 2. The van der Waals surface area contributed by atoms with Crippen LogP contribution in [-0.4, -0.2) is 32.5 Å². The molecule has 1 saturated heterocycles. The molecule has 0 bridgehead atoms. The van der Waals surface area contributed by atoms with Crippen LogP contribution < -0.4 is 4.90 Å². The molecular formula is C15H25BrN2OSi. The molecule has 3 nitrogen and oxygen atoms in total. The molecule has 1 atom stereocenters. The highest BCUT2D eigenvalue weighted by molar-refractivity contribution is 9.10. The van der Waals surface area contributed by atoms with E-state index in [1.165, 1.54) is 5.69 Å². The molecule has 0 N–H and O–H groups in total. The van der Waals surface area contributed by atoms with Gasteiger partial charge in [0.25, 0.3) is 0 Å². The fourth-order valence-corrected chi connectivity index (χ4v) is 3.96. The zero-order valence-corrected chi connectivity index (χ0v) is 15.7. The molecule has 0 saturated carbocycles. The number of pyridine rings is 1. The van der Waals surface area contributed by atoms with Crippen LogP contribution in [0.4, 0.5) is 5.69 Å². The first-order chi connectivity index (χ1) is 9.19. The van der Waals surface area contributed by atoms with Crippen molar-refractivity contribution in [3.8, 4) is 0 Å². The first kappa shape index (κ1) is 16.0. The van der Waals surface area contributed by atoms with Gasteiger partial charge in [-0.1, -0.05) is 20.8 Å². The second-order valence-electron chi connectivity index (χ2n) is 7.10. The van der Waals surface area contributed by atoms with E-state index in [1.807, 2.05) is 12.4 Å². The Morgan fingerprint density at radius 2 is 2.05 bits per heavy atom. The van der Waals surface area contributed by atoms with Gasteiger partial charge in [-0.15, -0.1) is 0 Å². The number of anilines is 1. The smallest absolute Gasteiger partial charge is 0.192 e. The van der Waals surface area contributed by atoms with Crippen LogP contribution in [0, 0.1) is 0 Å². The minimum atomic E-state index is -1.66. The van der Waals surface area contributed by atoms with Crippen molar-refractivity contribution in [2.45, 2.75) is 51.4 Å². The summed E-state index contributed by atoms with van der Waals surface area (Å²) in [5.41, 5.74) is 1.18. The SMILES string of the molecule is CC(C)(C)[Si](C)(C)OC1CCN(c2cncc(Br)c2)C1. The number of halogens is 1. The Bertz CT molecular complexity index is 473. The highest BCUT2D eigenvalue weighted by Gasteiger charge is 2.40. The van der Waals surface area contributed by atoms with Crippen molar-refractivity contribution in [3.05, 3.63) is 22.9 Å². The Morgan fingerprint density at radius 1 is 1.35 bits per heavy atom. The Kier molecular flexibility index (Phi) is 4.62. The van der Waals surface area contributed by atoms with E-state index in [0.29, 0.717) is 6.10 Å². The van der Waals surface area contributed by atoms with Gasteiger partial charge < -0.3 is 9.33 Å². The molecule has 2 rings (SSSR count). The molecule has 1 aliphatic heterocycles. The van der Waals surface area contributed by atoms with Crippen molar-refractivity contribution in [1.29, 1.82) is 0 Å². The summed E-state index contributed by atoms with van der Waals surface area (Å²) in [5.74, 6) is 0. The van der Waals surface area contributed by atoms with E-state index in [0.717, 1.165) is 24.0 Å². The van der Waals surface area contributed by atoms with Crippen molar-refractivity contribution in [2.75, 3.05) is 18.0 Å². The fourth-order valence-electron chi connectivity index (χ4n) is 2.23. The molecule has 1 aromatic rings. The lowest BCUT2D eigenvalue weighted by Gasteiger charge is -2.38. The highest BCUT2D eigenvalue weighted by atomic mass is 79.9. The van der Waals surface area contributed by atoms with Crippen molar-refractivity contribution < 1.29 is 4.43 Å². The van der Waals surface area contributed by atoms with Gasteiger partial charge in [-0.25, -0.2) is 0 Å². The number of hydrogen-bond donors (Lipinski definition) is 0. The van der Waals surface area contributed by atoms with E-state index in [2.05, 4.69) is 65.7 Å². The van der Waals surface area contributed by atoms with Gasteiger partial charge in [0.1, 0.15) is 0 Å². The topological polar surface area (TPSA) is 25.4 Å². The summed E-state index contributed by atoms with van der Waals surface area (Å²) in [6, 6.07) is 2.13. The lowest BCUT2D eigenvalue weighted by atomic mass is 10.2. The summed E-state index contributed by atoms with van der Waals surface area (Å²) < 4.78 is 7.54. The molecule has 0 spiro atoms. The quantitative estimate of drug-likeness (QED) is 0.748. The minimum absolute atomic E-state index is 0.276. The molecule has 1 aliphatic rings. The molecule has 0 aromatic carbocycles. The maximum Gasteiger partial charge on any atom is 0.192 e. The Morgan fingerprint density at radius 3 is 2.65 bits per heavy atom. The van der Waals surface area contributed by atoms with Crippen molar-refractivity contribution in [2.24, 2.45) is 0 Å². The second-order valence-corrected chi connectivity index (χ2v) is 12.8. The molecule has 0 amide bonds. The third-order valence-corrected chi connectivity index (χ3v) is 9.44. The van der Waals surface area contributed by atoms with Gasteiger partial charge in [-0.3, -0.25) is 4.98 Å². The fraction of sp³-hybridized carbons (Fsp3) is 0.667. The molecule has 1 fully saturated rings. The van der Waals surface area contributed by atoms with Gasteiger partial charge in [-0.2, -0.15) is 0 Å². The van der Waals surface area contributed by atoms with Crippen molar-refractivity contribution in [3.63, 3.8) is 0 Å². The third kappa shape index (κ3) is 3.62. The summed E-state index contributed by atoms with van der Waals surface area (Å²) in [6.45, 7) is 13.6. The van der Waals surface area contributed by atoms with Crippen LogP contribution in [0.15, 0.2) is 22.9 Å². The van der Waals surface area contributed by atoms with Crippen LogP contribution in [0.5, 0.6) is 0 Å². The molecule has 2 heterocycles. The van der Waals surface area contributed by atoms with E-state index in [1.54, 1.807) is 0 Å². The summed E-state index contributed by atoms with van der Waals surface area (Å²) in [5, 5.41) is 0.276. The maximum absolute atomic E-state index is 6.51. The van der Waals surface area contributed by atoms with Crippen LogP contribution in [0.2, 0.25) is 18.1 Å². The van der Waals surface area contributed by atoms with E-state index in [9.17, 15) is 0 Å². The molecule has 1 aromatic heterocycles. The second kappa shape index (κ2) is 5.77. The molecule has 0 aliphatic carbocycles. The summed E-state index contributed by atoms with van der Waals surface area (Å²) in [7, 11) is -1.66. The third-order valence-electron chi connectivity index (χ3n) is 4.47. The molecule has 5 heteroatoms. The molecular weight excluding hydrogens is 332 g/mol. The standard InChI is InChI=1S/C15H25BrN2OSi/c1-15(2,3)20(4,5)19-14-6-7-18(11-14)13-8-12(16)9-17-10-13/h8-10,14H,6-7,11H2,1-5H3. The van der Waals surface area contributed by atoms with Gasteiger partial charge >= 0.3 is 0 Å². The van der Waals surface area contributed by atoms with Crippen LogP contribution >= 0.6 is 15.9 Å². The molecule has 20 heavy (non-hydrogen) atoms. The first-order valence-corrected chi connectivity index (χ1v) is 10.9. The molecule has 112 valence electrons. The monoisotopic (exact) mass is 356 g/mol. The molecule has 1 unspecified atom stereocenters. The zero-order valence-electron chi connectivity index (χ0n) is 13.1. The van der Waals surface area contributed by atoms with Gasteiger partial charge in [0.05, 0.1) is 18.0 Å². The average Bonchev–Trinajstić information content (AvgIpc) is 2.75. The van der Waals surface area contributed by atoms with Crippen LogP contribution in [0.25, 0.3) is 0 Å². The van der Waals surface area contributed by atoms with E-state index < -0.39 is 8.32 Å². The normalized spacial score (nSPS) is 20.5. The van der Waals surface area contributed by atoms with Gasteiger partial charge in [-0.05, 0) is 46.5 Å². The largest absolute Gasteiger partial charge is 0.412 e. The zero-order chi connectivity index (χ0) is 15.0. The Hall–Kier alpha value is -0.393. The predicted octanol–water partition coefficient (Wildman–Crippen LogP) is 4.44. The van der Waals surface area contributed by atoms with Crippen LogP contribution in [-0.2, 0) is 4.43 Å². The molecule has 0 radical (unpaired) electrons. The predicted molar refractivity (Wildman–Crippen MR) is 90.8 cm³/mol. The number of rotatable bonds is 3. The van der Waals surface area contributed by atoms with Gasteiger partial charge in [0.2, 0.25) is 0 Å². The maximum atomic E-state index is 6.51. The van der Waals surface area contributed by atoms with E-state index in [-0.39, 0.29) is 5.04 Å². The summed E-state index contributed by atoms with van der Waals surface area (Å²) in [4.78, 5) is 6.62. The number of aromatic nitrogens is 1. The number of hydrogen-bond acceptors (Lipinski definition) is 3. The van der Waals surface area contributed by atoms with Crippen molar-refractivity contribution in [1.82, 2.24) is 4.98 Å². The van der Waals surface area contributed by atoms with Crippen molar-refractivity contribution >= 4 is 29.9 Å². The highest BCUT2D eigenvalue weighted by Crippen LogP contribution is 2.38. The van der Waals surface area contributed by atoms with Gasteiger partial charge in [0.15, 0.2) is 8.32 Å². The van der Waals surface area contributed by atoms with E-state index in [4.69, 9.17) is 4.43 Å². The van der Waals surface area contributed by atoms with E-state index >= 15 is 0 Å². The average molecular weight is 357 g/mol.